The summed E-state index contributed by atoms with van der Waals surface area (Å²) in [6, 6.07) is 8.33. The molecule has 2 heteroatoms. The van der Waals surface area contributed by atoms with Crippen molar-refractivity contribution in [2.24, 2.45) is 5.41 Å². The van der Waals surface area contributed by atoms with Crippen LogP contribution in [0.3, 0.4) is 0 Å². The molecule has 1 aromatic rings. The molecule has 1 heterocycles. The van der Waals surface area contributed by atoms with Gasteiger partial charge in [-0.1, -0.05) is 44.4 Å². The minimum Gasteiger partial charge on any atom is -0.311 e. The SMILES string of the molecule is CC1(C(=O)N2CCc3ccccc32)CCCCC1. The van der Waals surface area contributed by atoms with Gasteiger partial charge in [0.2, 0.25) is 5.91 Å². The molecule has 0 spiro atoms. The minimum absolute atomic E-state index is 0.115. The standard InChI is InChI=1S/C16H21NO/c1-16(10-5-2-6-11-16)15(18)17-12-9-13-7-3-4-8-14(13)17/h3-4,7-8H,2,5-6,9-12H2,1H3. The molecule has 1 aromatic carbocycles. The van der Waals surface area contributed by atoms with Gasteiger partial charge in [-0.25, -0.2) is 0 Å². The van der Waals surface area contributed by atoms with Crippen molar-refractivity contribution in [3.63, 3.8) is 0 Å². The van der Waals surface area contributed by atoms with Gasteiger partial charge in [0.25, 0.3) is 0 Å². The van der Waals surface area contributed by atoms with Gasteiger partial charge in [-0.3, -0.25) is 4.79 Å². The number of hydrogen-bond acceptors (Lipinski definition) is 1. The molecule has 0 N–H and O–H groups in total. The average Bonchev–Trinajstić information content (AvgIpc) is 2.82. The number of fused-ring (bicyclic) bond motifs is 1. The van der Waals surface area contributed by atoms with E-state index >= 15 is 0 Å². The van der Waals surface area contributed by atoms with Crippen molar-refractivity contribution in [2.75, 3.05) is 11.4 Å². The Bertz CT molecular complexity index is 460. The van der Waals surface area contributed by atoms with Crippen LogP contribution in [0.2, 0.25) is 0 Å². The molecule has 96 valence electrons. The van der Waals surface area contributed by atoms with E-state index in [1.54, 1.807) is 0 Å². The normalized spacial score (nSPS) is 21.7. The average molecular weight is 243 g/mol. The van der Waals surface area contributed by atoms with Crippen molar-refractivity contribution in [1.82, 2.24) is 0 Å². The van der Waals surface area contributed by atoms with Crippen LogP contribution in [0, 0.1) is 5.41 Å². The molecule has 2 aliphatic rings. The molecule has 1 saturated carbocycles. The third-order valence-corrected chi connectivity index (χ3v) is 4.61. The van der Waals surface area contributed by atoms with E-state index in [4.69, 9.17) is 0 Å². The number of carbonyl (C=O) groups is 1. The number of carbonyl (C=O) groups excluding carboxylic acids is 1. The maximum atomic E-state index is 12.8. The Labute approximate surface area is 109 Å². The fourth-order valence-corrected chi connectivity index (χ4v) is 3.42. The van der Waals surface area contributed by atoms with Crippen LogP contribution in [0.5, 0.6) is 0 Å². The first kappa shape index (κ1) is 11.8. The third kappa shape index (κ3) is 1.84. The van der Waals surface area contributed by atoms with E-state index < -0.39 is 0 Å². The van der Waals surface area contributed by atoms with Crippen molar-refractivity contribution in [1.29, 1.82) is 0 Å². The molecule has 1 aliphatic heterocycles. The molecular formula is C16H21NO. The molecule has 1 amide bonds. The lowest BCUT2D eigenvalue weighted by molar-refractivity contribution is -0.128. The molecule has 0 atom stereocenters. The Morgan fingerprint density at radius 3 is 2.67 bits per heavy atom. The van der Waals surface area contributed by atoms with Crippen LogP contribution in [0.4, 0.5) is 5.69 Å². The summed E-state index contributed by atoms with van der Waals surface area (Å²) in [5, 5.41) is 0. The van der Waals surface area contributed by atoms with E-state index in [2.05, 4.69) is 25.1 Å². The maximum absolute atomic E-state index is 12.8. The van der Waals surface area contributed by atoms with Crippen molar-refractivity contribution >= 4 is 11.6 Å². The predicted molar refractivity (Wildman–Crippen MR) is 73.7 cm³/mol. The topological polar surface area (TPSA) is 20.3 Å². The molecule has 0 saturated heterocycles. The number of rotatable bonds is 1. The summed E-state index contributed by atoms with van der Waals surface area (Å²) in [4.78, 5) is 14.8. The van der Waals surface area contributed by atoms with E-state index in [0.717, 1.165) is 31.5 Å². The van der Waals surface area contributed by atoms with Gasteiger partial charge in [0, 0.05) is 17.6 Å². The lowest BCUT2D eigenvalue weighted by Gasteiger charge is -2.35. The number of para-hydroxylation sites is 1. The predicted octanol–water partition coefficient (Wildman–Crippen LogP) is 3.55. The highest BCUT2D eigenvalue weighted by molar-refractivity contribution is 5.99. The minimum atomic E-state index is -0.115. The summed E-state index contributed by atoms with van der Waals surface area (Å²) in [6.07, 6.45) is 6.84. The second-order valence-corrected chi connectivity index (χ2v) is 5.96. The second-order valence-electron chi connectivity index (χ2n) is 5.96. The number of amides is 1. The zero-order chi connectivity index (χ0) is 12.6. The first-order valence-electron chi connectivity index (χ1n) is 7.11. The fourth-order valence-electron chi connectivity index (χ4n) is 3.42. The van der Waals surface area contributed by atoms with Gasteiger partial charge in [0.05, 0.1) is 0 Å². The van der Waals surface area contributed by atoms with E-state index in [1.165, 1.54) is 24.8 Å². The van der Waals surface area contributed by atoms with E-state index in [9.17, 15) is 4.79 Å². The smallest absolute Gasteiger partial charge is 0.232 e. The molecule has 1 aliphatic carbocycles. The fraction of sp³-hybridized carbons (Fsp3) is 0.562. The van der Waals surface area contributed by atoms with Crippen LogP contribution in [-0.4, -0.2) is 12.5 Å². The Morgan fingerprint density at radius 1 is 1.17 bits per heavy atom. The first-order chi connectivity index (χ1) is 8.71. The van der Waals surface area contributed by atoms with E-state index in [-0.39, 0.29) is 5.41 Å². The van der Waals surface area contributed by atoms with E-state index in [1.807, 2.05) is 11.0 Å². The lowest BCUT2D eigenvalue weighted by atomic mass is 9.74. The zero-order valence-corrected chi connectivity index (χ0v) is 11.1. The van der Waals surface area contributed by atoms with Crippen molar-refractivity contribution in [2.45, 2.75) is 45.4 Å². The van der Waals surface area contributed by atoms with Gasteiger partial charge in [0.15, 0.2) is 0 Å². The van der Waals surface area contributed by atoms with Gasteiger partial charge >= 0.3 is 0 Å². The van der Waals surface area contributed by atoms with Crippen LogP contribution in [-0.2, 0) is 11.2 Å². The highest BCUT2D eigenvalue weighted by atomic mass is 16.2. The molecular weight excluding hydrogens is 222 g/mol. The van der Waals surface area contributed by atoms with Crippen molar-refractivity contribution in [3.05, 3.63) is 29.8 Å². The van der Waals surface area contributed by atoms with Gasteiger partial charge in [0.1, 0.15) is 0 Å². The van der Waals surface area contributed by atoms with Gasteiger partial charge < -0.3 is 4.90 Å². The van der Waals surface area contributed by atoms with Crippen LogP contribution in [0.1, 0.15) is 44.6 Å². The van der Waals surface area contributed by atoms with Gasteiger partial charge in [-0.05, 0) is 30.9 Å². The molecule has 18 heavy (non-hydrogen) atoms. The third-order valence-electron chi connectivity index (χ3n) is 4.61. The Balaban J connectivity index is 1.86. The van der Waals surface area contributed by atoms with Crippen LogP contribution in [0.15, 0.2) is 24.3 Å². The Kier molecular flexibility index (Phi) is 2.89. The molecule has 0 aromatic heterocycles. The van der Waals surface area contributed by atoms with Crippen LogP contribution < -0.4 is 4.90 Å². The van der Waals surface area contributed by atoms with Gasteiger partial charge in [-0.2, -0.15) is 0 Å². The summed E-state index contributed by atoms with van der Waals surface area (Å²) in [7, 11) is 0. The summed E-state index contributed by atoms with van der Waals surface area (Å²) in [5.41, 5.74) is 2.36. The number of benzene rings is 1. The van der Waals surface area contributed by atoms with E-state index in [0.29, 0.717) is 5.91 Å². The molecule has 3 rings (SSSR count). The molecule has 0 bridgehead atoms. The monoisotopic (exact) mass is 243 g/mol. The van der Waals surface area contributed by atoms with Crippen molar-refractivity contribution < 1.29 is 4.79 Å². The summed E-state index contributed by atoms with van der Waals surface area (Å²) >= 11 is 0. The zero-order valence-electron chi connectivity index (χ0n) is 11.1. The summed E-state index contributed by atoms with van der Waals surface area (Å²) in [6.45, 7) is 3.03. The van der Waals surface area contributed by atoms with Gasteiger partial charge in [-0.15, -0.1) is 0 Å². The lowest BCUT2D eigenvalue weighted by Crippen LogP contribution is -2.42. The van der Waals surface area contributed by atoms with Crippen LogP contribution in [0.25, 0.3) is 0 Å². The first-order valence-corrected chi connectivity index (χ1v) is 7.11. The maximum Gasteiger partial charge on any atom is 0.232 e. The highest BCUT2D eigenvalue weighted by Gasteiger charge is 2.39. The quantitative estimate of drug-likeness (QED) is 0.738. The van der Waals surface area contributed by atoms with Crippen molar-refractivity contribution in [3.8, 4) is 0 Å². The molecule has 0 radical (unpaired) electrons. The molecule has 2 nitrogen and oxygen atoms in total. The molecule has 1 fully saturated rings. The second kappa shape index (κ2) is 4.42. The summed E-state index contributed by atoms with van der Waals surface area (Å²) < 4.78 is 0. The largest absolute Gasteiger partial charge is 0.311 e. The number of anilines is 1. The Morgan fingerprint density at radius 2 is 1.89 bits per heavy atom. The van der Waals surface area contributed by atoms with Crippen LogP contribution >= 0.6 is 0 Å². The summed E-state index contributed by atoms with van der Waals surface area (Å²) in [5.74, 6) is 0.354. The number of nitrogens with zero attached hydrogens (tertiary/aromatic N) is 1. The Hall–Kier alpha value is -1.31. The highest BCUT2D eigenvalue weighted by Crippen LogP contribution is 2.40. The number of hydrogen-bond donors (Lipinski definition) is 0. The molecule has 0 unspecified atom stereocenters.